The number of anilines is 2. The average Bonchev–Trinajstić information content (AvgIpc) is 3.71. The number of ether oxygens (including phenoxy) is 2. The Kier molecular flexibility index (Phi) is 10.0. The number of fused-ring (bicyclic) bond motifs is 2. The fourth-order valence-corrected chi connectivity index (χ4v) is 6.56. The third kappa shape index (κ3) is 8.07. The first-order valence-corrected chi connectivity index (χ1v) is 20.0. The van der Waals surface area contributed by atoms with Gasteiger partial charge >= 0.3 is 12.1 Å². The predicted octanol–water partition coefficient (Wildman–Crippen LogP) is 5.79. The number of aliphatic carboxylic acids is 1. The van der Waals surface area contributed by atoms with Crippen LogP contribution in [-0.4, -0.2) is 80.8 Å². The lowest BCUT2D eigenvalue weighted by Crippen LogP contribution is -2.31. The van der Waals surface area contributed by atoms with Crippen LogP contribution in [-0.2, 0) is 21.0 Å². The standard InChI is InChI=1S/C32H43ClN8O6Si/c1-19(35-29(42)24-27(36-31(45)47-32(2,3)4)38-41-11-8-10-34-28(24)41)21-15-23(33)22-17-40(18-46-13-14-48(5,6)7)37-25(22)26(21)39-12-9-20(16-39)30(43)44/h8,10-11,15,17,19-20H,9,12-14,16,18H2,1-7H3,(H,35,42)(H,43,44)(H,36,38,45). The second kappa shape index (κ2) is 13.7. The first-order chi connectivity index (χ1) is 22.5. The summed E-state index contributed by atoms with van der Waals surface area (Å²) in [5.74, 6) is -1.97. The lowest BCUT2D eigenvalue weighted by Gasteiger charge is -2.26. The minimum absolute atomic E-state index is 0.0157. The number of amides is 2. The van der Waals surface area contributed by atoms with Crippen LogP contribution in [0.4, 0.5) is 16.3 Å². The average molecular weight is 699 g/mol. The lowest BCUT2D eigenvalue weighted by atomic mass is 10.0. The van der Waals surface area contributed by atoms with Gasteiger partial charge in [-0.25, -0.2) is 19.0 Å². The summed E-state index contributed by atoms with van der Waals surface area (Å²) < 4.78 is 14.4. The Hall–Kier alpha value is -4.21. The highest BCUT2D eigenvalue weighted by Crippen LogP contribution is 2.40. The Bertz CT molecular complexity index is 1850. The number of rotatable bonds is 11. The SMILES string of the molecule is CC(NC(=O)c1c(NC(=O)OC(C)(C)C)nn2cccnc12)c1cc(Cl)c2cn(COCC[Si](C)(C)C)nc2c1N1CCC(C(=O)O)C1. The van der Waals surface area contributed by atoms with Crippen LogP contribution in [0.3, 0.4) is 0 Å². The maximum atomic E-state index is 14.0. The number of nitrogens with zero attached hydrogens (tertiary/aromatic N) is 6. The molecule has 1 saturated heterocycles. The van der Waals surface area contributed by atoms with Crippen molar-refractivity contribution in [3.63, 3.8) is 0 Å². The first kappa shape index (κ1) is 35.1. The van der Waals surface area contributed by atoms with Gasteiger partial charge in [0.25, 0.3) is 5.91 Å². The topological polar surface area (TPSA) is 165 Å². The molecule has 1 fully saturated rings. The van der Waals surface area contributed by atoms with Crippen molar-refractivity contribution in [1.29, 1.82) is 0 Å². The number of carboxylic acid groups (broad SMARTS) is 1. The number of hydrogen-bond donors (Lipinski definition) is 3. The van der Waals surface area contributed by atoms with Crippen molar-refractivity contribution in [3.8, 4) is 0 Å². The fraction of sp³-hybridized carbons (Fsp3) is 0.500. The first-order valence-electron chi connectivity index (χ1n) is 15.9. The summed E-state index contributed by atoms with van der Waals surface area (Å²) in [6.07, 6.45) is 4.67. The van der Waals surface area contributed by atoms with Gasteiger partial charge < -0.3 is 24.8 Å². The normalized spacial score (nSPS) is 16.0. The van der Waals surface area contributed by atoms with Crippen LogP contribution in [0, 0.1) is 5.92 Å². The van der Waals surface area contributed by atoms with Gasteiger partial charge in [0.1, 0.15) is 23.4 Å². The van der Waals surface area contributed by atoms with Crippen LogP contribution < -0.4 is 15.5 Å². The van der Waals surface area contributed by atoms with E-state index in [0.717, 1.165) is 6.04 Å². The summed E-state index contributed by atoms with van der Waals surface area (Å²) in [5, 5.41) is 25.7. The third-order valence-corrected chi connectivity index (χ3v) is 9.95. The van der Waals surface area contributed by atoms with E-state index in [-0.39, 0.29) is 30.3 Å². The molecule has 0 aliphatic carbocycles. The minimum Gasteiger partial charge on any atom is -0.481 e. The molecule has 2 amide bonds. The molecular weight excluding hydrogens is 656 g/mol. The number of halogens is 1. The molecule has 3 aromatic heterocycles. The van der Waals surface area contributed by atoms with E-state index < -0.39 is 43.6 Å². The van der Waals surface area contributed by atoms with Crippen molar-refractivity contribution in [2.45, 2.75) is 78.2 Å². The monoisotopic (exact) mass is 698 g/mol. The molecule has 0 bridgehead atoms. The molecule has 4 heterocycles. The number of aromatic nitrogens is 5. The van der Waals surface area contributed by atoms with E-state index in [0.29, 0.717) is 46.7 Å². The van der Waals surface area contributed by atoms with Crippen LogP contribution in [0.2, 0.25) is 30.7 Å². The van der Waals surface area contributed by atoms with Gasteiger partial charge in [0.2, 0.25) is 0 Å². The van der Waals surface area contributed by atoms with Crippen molar-refractivity contribution in [3.05, 3.63) is 46.9 Å². The number of carbonyl (C=O) groups is 3. The van der Waals surface area contributed by atoms with Gasteiger partial charge in [0, 0.05) is 57.3 Å². The molecule has 5 rings (SSSR count). The highest BCUT2D eigenvalue weighted by Gasteiger charge is 2.33. The maximum absolute atomic E-state index is 14.0. The molecule has 1 aromatic carbocycles. The number of carbonyl (C=O) groups excluding carboxylic acids is 2. The van der Waals surface area contributed by atoms with E-state index in [1.807, 2.05) is 11.1 Å². The second-order valence-electron chi connectivity index (χ2n) is 14.3. The summed E-state index contributed by atoms with van der Waals surface area (Å²) in [6.45, 7) is 15.5. The Morgan fingerprint density at radius 3 is 2.62 bits per heavy atom. The molecule has 0 radical (unpaired) electrons. The van der Waals surface area contributed by atoms with E-state index in [4.69, 9.17) is 26.2 Å². The van der Waals surface area contributed by atoms with Crippen LogP contribution in [0.25, 0.3) is 16.6 Å². The number of carboxylic acids is 1. The van der Waals surface area contributed by atoms with Crippen molar-refractivity contribution in [1.82, 2.24) is 29.7 Å². The van der Waals surface area contributed by atoms with Gasteiger partial charge in [-0.3, -0.25) is 14.9 Å². The highest BCUT2D eigenvalue weighted by molar-refractivity contribution is 6.76. The van der Waals surface area contributed by atoms with Crippen molar-refractivity contribution in [2.75, 3.05) is 29.9 Å². The molecule has 4 aromatic rings. The van der Waals surface area contributed by atoms with Gasteiger partial charge in [0.05, 0.1) is 22.7 Å². The van der Waals surface area contributed by atoms with Crippen LogP contribution in [0.1, 0.15) is 56.1 Å². The zero-order valence-corrected chi connectivity index (χ0v) is 30.1. The predicted molar refractivity (Wildman–Crippen MR) is 186 cm³/mol. The van der Waals surface area contributed by atoms with E-state index in [2.05, 4.69) is 40.4 Å². The highest BCUT2D eigenvalue weighted by atomic mass is 35.5. The molecule has 1 aliphatic heterocycles. The van der Waals surface area contributed by atoms with Gasteiger partial charge in [-0.1, -0.05) is 31.2 Å². The summed E-state index contributed by atoms with van der Waals surface area (Å²) >= 11 is 6.85. The van der Waals surface area contributed by atoms with Crippen molar-refractivity contribution < 1.29 is 29.0 Å². The molecule has 258 valence electrons. The molecule has 2 atom stereocenters. The fourth-order valence-electron chi connectivity index (χ4n) is 5.55. The quantitative estimate of drug-likeness (QED) is 0.129. The third-order valence-electron chi connectivity index (χ3n) is 7.93. The number of benzene rings is 1. The number of nitrogens with one attached hydrogen (secondary N) is 2. The Morgan fingerprint density at radius 1 is 1.21 bits per heavy atom. The van der Waals surface area contributed by atoms with Crippen LogP contribution >= 0.6 is 11.6 Å². The molecule has 16 heteroatoms. The van der Waals surface area contributed by atoms with E-state index >= 15 is 0 Å². The summed E-state index contributed by atoms with van der Waals surface area (Å²) in [6, 6.07) is 3.82. The zero-order valence-electron chi connectivity index (χ0n) is 28.3. The summed E-state index contributed by atoms with van der Waals surface area (Å²) in [7, 11) is -1.27. The molecule has 3 N–H and O–H groups in total. The largest absolute Gasteiger partial charge is 0.481 e. The second-order valence-corrected chi connectivity index (χ2v) is 20.3. The van der Waals surface area contributed by atoms with E-state index in [1.165, 1.54) is 10.7 Å². The van der Waals surface area contributed by atoms with Crippen LogP contribution in [0.5, 0.6) is 0 Å². The van der Waals surface area contributed by atoms with Crippen LogP contribution in [0.15, 0.2) is 30.7 Å². The van der Waals surface area contributed by atoms with Crippen molar-refractivity contribution in [2.24, 2.45) is 5.92 Å². The molecular formula is C32H43ClN8O6Si. The minimum atomic E-state index is -1.27. The van der Waals surface area contributed by atoms with Crippen molar-refractivity contribution >= 4 is 65.7 Å². The molecule has 1 aliphatic rings. The van der Waals surface area contributed by atoms with E-state index in [1.54, 1.807) is 50.7 Å². The maximum Gasteiger partial charge on any atom is 0.413 e. The van der Waals surface area contributed by atoms with Gasteiger partial charge in [-0.2, -0.15) is 5.10 Å². The van der Waals surface area contributed by atoms with Gasteiger partial charge in [-0.05, 0) is 52.3 Å². The molecule has 0 saturated carbocycles. The van der Waals surface area contributed by atoms with Gasteiger partial charge in [-0.15, -0.1) is 5.10 Å². The molecule has 2 unspecified atom stereocenters. The van der Waals surface area contributed by atoms with E-state index in [9.17, 15) is 19.5 Å². The number of hydrogen-bond acceptors (Lipinski definition) is 9. The Balaban J connectivity index is 1.49. The summed E-state index contributed by atoms with van der Waals surface area (Å²) in [4.78, 5) is 44.9. The zero-order chi connectivity index (χ0) is 35.0. The molecule has 0 spiro atoms. The molecule has 48 heavy (non-hydrogen) atoms. The van der Waals surface area contributed by atoms with Gasteiger partial charge in [0.15, 0.2) is 11.5 Å². The smallest absolute Gasteiger partial charge is 0.413 e. The Morgan fingerprint density at radius 2 is 1.96 bits per heavy atom. The molecule has 14 nitrogen and oxygen atoms in total. The lowest BCUT2D eigenvalue weighted by molar-refractivity contribution is -0.140. The summed E-state index contributed by atoms with van der Waals surface area (Å²) in [5.41, 5.74) is 1.45. The Labute approximate surface area is 284 Å².